The molecule has 0 unspecified atom stereocenters. The highest BCUT2D eigenvalue weighted by molar-refractivity contribution is 5.75. The lowest BCUT2D eigenvalue weighted by atomic mass is 10.0. The molecule has 0 radical (unpaired) electrons. The average Bonchev–Trinajstić information content (AvgIpc) is 2.60. The van der Waals surface area contributed by atoms with Crippen molar-refractivity contribution in [1.82, 2.24) is 14.5 Å². The first-order valence-electron chi connectivity index (χ1n) is 8.83. The minimum atomic E-state index is -0.513. The molecular weight excluding hydrogens is 334 g/mol. The molecule has 1 aliphatic heterocycles. The summed E-state index contributed by atoms with van der Waals surface area (Å²) in [6.07, 6.45) is 1.05. The Bertz CT molecular complexity index is 861. The Morgan fingerprint density at radius 2 is 1.81 bits per heavy atom. The number of aromatic nitrogens is 2. The standard InChI is InChI=1S/C19H25N3O4/c1-19(2,3)26-18(24)21-11-9-14(10-12-21)22-16(23)8-6-13-5-7-15(25-4)20-17(13)22/h5-8,14H,9-12H2,1-4H3. The summed E-state index contributed by atoms with van der Waals surface area (Å²) >= 11 is 0. The molecule has 2 aromatic heterocycles. The summed E-state index contributed by atoms with van der Waals surface area (Å²) in [7, 11) is 1.55. The molecule has 1 saturated heterocycles. The van der Waals surface area contributed by atoms with Crippen LogP contribution in [0.1, 0.15) is 39.7 Å². The molecule has 1 amide bonds. The maximum absolute atomic E-state index is 12.5. The Morgan fingerprint density at radius 1 is 1.15 bits per heavy atom. The lowest BCUT2D eigenvalue weighted by Gasteiger charge is -2.34. The summed E-state index contributed by atoms with van der Waals surface area (Å²) in [6.45, 7) is 6.66. The molecule has 0 N–H and O–H groups in total. The van der Waals surface area contributed by atoms with Crippen molar-refractivity contribution in [2.45, 2.75) is 45.3 Å². The third kappa shape index (κ3) is 3.81. The van der Waals surface area contributed by atoms with Crippen LogP contribution in [0.4, 0.5) is 4.79 Å². The van der Waals surface area contributed by atoms with Gasteiger partial charge in [-0.3, -0.25) is 9.36 Å². The van der Waals surface area contributed by atoms with Gasteiger partial charge in [0, 0.05) is 36.7 Å². The van der Waals surface area contributed by atoms with E-state index in [1.807, 2.05) is 26.8 Å². The number of nitrogens with zero attached hydrogens (tertiary/aromatic N) is 3. The van der Waals surface area contributed by atoms with Crippen molar-refractivity contribution in [1.29, 1.82) is 0 Å². The molecule has 0 bridgehead atoms. The number of rotatable bonds is 2. The lowest BCUT2D eigenvalue weighted by Crippen LogP contribution is -2.43. The molecule has 1 fully saturated rings. The van der Waals surface area contributed by atoms with Crippen LogP contribution >= 0.6 is 0 Å². The fourth-order valence-electron chi connectivity index (χ4n) is 3.21. The number of likely N-dealkylation sites (tertiary alicyclic amines) is 1. The van der Waals surface area contributed by atoms with Crippen LogP contribution < -0.4 is 10.3 Å². The summed E-state index contributed by atoms with van der Waals surface area (Å²) in [5, 5.41) is 0.889. The molecular formula is C19H25N3O4. The molecule has 140 valence electrons. The fraction of sp³-hybridized carbons (Fsp3) is 0.526. The van der Waals surface area contributed by atoms with E-state index in [2.05, 4.69) is 4.98 Å². The van der Waals surface area contributed by atoms with E-state index in [-0.39, 0.29) is 17.7 Å². The molecule has 7 nitrogen and oxygen atoms in total. The van der Waals surface area contributed by atoms with Crippen molar-refractivity contribution >= 4 is 17.1 Å². The summed E-state index contributed by atoms with van der Waals surface area (Å²) < 4.78 is 12.4. The number of piperidine rings is 1. The SMILES string of the molecule is COc1ccc2ccc(=O)n(C3CCN(C(=O)OC(C)(C)C)CC3)c2n1. The van der Waals surface area contributed by atoms with Gasteiger partial charge in [0.05, 0.1) is 7.11 Å². The number of carbonyl (C=O) groups is 1. The minimum Gasteiger partial charge on any atom is -0.481 e. The quantitative estimate of drug-likeness (QED) is 0.824. The van der Waals surface area contributed by atoms with E-state index in [4.69, 9.17) is 9.47 Å². The van der Waals surface area contributed by atoms with Gasteiger partial charge in [-0.1, -0.05) is 0 Å². The molecule has 0 aliphatic carbocycles. The second kappa shape index (κ2) is 6.97. The molecule has 0 atom stereocenters. The number of methoxy groups -OCH3 is 1. The van der Waals surface area contributed by atoms with Gasteiger partial charge in [-0.05, 0) is 45.7 Å². The molecule has 0 saturated carbocycles. The third-order valence-electron chi connectivity index (χ3n) is 4.44. The van der Waals surface area contributed by atoms with Gasteiger partial charge in [0.25, 0.3) is 5.56 Å². The number of hydrogen-bond donors (Lipinski definition) is 0. The van der Waals surface area contributed by atoms with Gasteiger partial charge in [-0.2, -0.15) is 4.98 Å². The first-order valence-corrected chi connectivity index (χ1v) is 8.83. The van der Waals surface area contributed by atoms with E-state index >= 15 is 0 Å². The van der Waals surface area contributed by atoms with Crippen molar-refractivity contribution < 1.29 is 14.3 Å². The highest BCUT2D eigenvalue weighted by atomic mass is 16.6. The smallest absolute Gasteiger partial charge is 0.410 e. The second-order valence-corrected chi connectivity index (χ2v) is 7.51. The van der Waals surface area contributed by atoms with Crippen LogP contribution in [-0.4, -0.2) is 46.3 Å². The zero-order valence-corrected chi connectivity index (χ0v) is 15.7. The number of pyridine rings is 2. The van der Waals surface area contributed by atoms with Gasteiger partial charge in [0.2, 0.25) is 5.88 Å². The van der Waals surface area contributed by atoms with Crippen LogP contribution in [0.5, 0.6) is 5.88 Å². The van der Waals surface area contributed by atoms with E-state index in [0.29, 0.717) is 37.5 Å². The molecule has 3 rings (SSSR count). The van der Waals surface area contributed by atoms with Crippen LogP contribution in [-0.2, 0) is 4.74 Å². The maximum Gasteiger partial charge on any atom is 0.410 e. The van der Waals surface area contributed by atoms with Gasteiger partial charge in [0.1, 0.15) is 11.2 Å². The summed E-state index contributed by atoms with van der Waals surface area (Å²) in [5.74, 6) is 0.475. The topological polar surface area (TPSA) is 73.7 Å². The predicted molar refractivity (Wildman–Crippen MR) is 98.6 cm³/mol. The zero-order valence-electron chi connectivity index (χ0n) is 15.7. The van der Waals surface area contributed by atoms with E-state index in [9.17, 15) is 9.59 Å². The van der Waals surface area contributed by atoms with Crippen molar-refractivity contribution in [3.63, 3.8) is 0 Å². The zero-order chi connectivity index (χ0) is 18.9. The number of carbonyl (C=O) groups excluding carboxylic acids is 1. The molecule has 3 heterocycles. The van der Waals surface area contributed by atoms with E-state index in [1.165, 1.54) is 0 Å². The van der Waals surface area contributed by atoms with Gasteiger partial charge in [0.15, 0.2) is 0 Å². The summed E-state index contributed by atoms with van der Waals surface area (Å²) in [6, 6.07) is 7.01. The normalized spacial score (nSPS) is 15.9. The molecule has 26 heavy (non-hydrogen) atoms. The van der Waals surface area contributed by atoms with E-state index < -0.39 is 5.60 Å². The molecule has 0 aromatic carbocycles. The van der Waals surface area contributed by atoms with E-state index in [0.717, 1.165) is 5.39 Å². The highest BCUT2D eigenvalue weighted by Gasteiger charge is 2.28. The Kier molecular flexibility index (Phi) is 4.89. The Labute approximate surface area is 152 Å². The molecule has 7 heteroatoms. The Hall–Kier alpha value is -2.57. The van der Waals surface area contributed by atoms with Gasteiger partial charge in [-0.15, -0.1) is 0 Å². The number of fused-ring (bicyclic) bond motifs is 1. The van der Waals surface area contributed by atoms with Crippen molar-refractivity contribution in [3.8, 4) is 5.88 Å². The first-order chi connectivity index (χ1) is 12.3. The molecule has 0 spiro atoms. The number of ether oxygens (including phenoxy) is 2. The first kappa shape index (κ1) is 18.2. The largest absolute Gasteiger partial charge is 0.481 e. The summed E-state index contributed by atoms with van der Waals surface area (Å²) in [4.78, 5) is 30.9. The molecule has 2 aromatic rings. The fourth-order valence-corrected chi connectivity index (χ4v) is 3.21. The van der Waals surface area contributed by atoms with Gasteiger partial charge >= 0.3 is 6.09 Å². The van der Waals surface area contributed by atoms with E-state index in [1.54, 1.807) is 34.8 Å². The average molecular weight is 359 g/mol. The monoisotopic (exact) mass is 359 g/mol. The van der Waals surface area contributed by atoms with Crippen molar-refractivity contribution in [3.05, 3.63) is 34.6 Å². The number of amides is 1. The number of hydrogen-bond acceptors (Lipinski definition) is 5. The van der Waals surface area contributed by atoms with Crippen molar-refractivity contribution in [2.24, 2.45) is 0 Å². The highest BCUT2D eigenvalue weighted by Crippen LogP contribution is 2.26. The van der Waals surface area contributed by atoms with Crippen molar-refractivity contribution in [2.75, 3.05) is 20.2 Å². The van der Waals surface area contributed by atoms with Crippen LogP contribution in [0.25, 0.3) is 11.0 Å². The van der Waals surface area contributed by atoms with Crippen LogP contribution in [0, 0.1) is 0 Å². The lowest BCUT2D eigenvalue weighted by molar-refractivity contribution is 0.0189. The predicted octanol–water partition coefficient (Wildman–Crippen LogP) is 2.98. The molecule has 1 aliphatic rings. The third-order valence-corrected chi connectivity index (χ3v) is 4.44. The second-order valence-electron chi connectivity index (χ2n) is 7.51. The van der Waals surface area contributed by atoms with Gasteiger partial charge < -0.3 is 14.4 Å². The van der Waals surface area contributed by atoms with Crippen LogP contribution in [0.15, 0.2) is 29.1 Å². The minimum absolute atomic E-state index is 0.00973. The maximum atomic E-state index is 12.5. The summed E-state index contributed by atoms with van der Waals surface area (Å²) in [5.41, 5.74) is 0.0163. The Morgan fingerprint density at radius 3 is 2.42 bits per heavy atom. The Balaban J connectivity index is 1.82. The van der Waals surface area contributed by atoms with Gasteiger partial charge in [-0.25, -0.2) is 4.79 Å². The van der Waals surface area contributed by atoms with Crippen LogP contribution in [0.3, 0.4) is 0 Å². The van der Waals surface area contributed by atoms with Crippen LogP contribution in [0.2, 0.25) is 0 Å².